The summed E-state index contributed by atoms with van der Waals surface area (Å²) in [5.74, 6) is -0.801. The van der Waals surface area contributed by atoms with Crippen LogP contribution in [0.4, 0.5) is 4.39 Å². The molecule has 1 aliphatic carbocycles. The van der Waals surface area contributed by atoms with E-state index in [0.29, 0.717) is 10.9 Å². The summed E-state index contributed by atoms with van der Waals surface area (Å²) in [6.45, 7) is 0.0340. The van der Waals surface area contributed by atoms with Gasteiger partial charge in [-0.25, -0.2) is 4.39 Å². The molecule has 0 bridgehead atoms. The molecule has 5 nitrogen and oxygen atoms in total. The minimum Gasteiger partial charge on any atom is -0.396 e. The Kier molecular flexibility index (Phi) is 4.94. The standard InChI is InChI=1S/C18H21FN2O3/c19-12-6-7-13-14(9-17(23)20-16(13)8-12)18(24)21-15-5-3-1-2-4-11(15)10-22/h6-9,11,15,22H,1-5,10H2,(H,20,23)(H,21,24). The number of hydrogen-bond donors (Lipinski definition) is 3. The summed E-state index contributed by atoms with van der Waals surface area (Å²) in [7, 11) is 0. The van der Waals surface area contributed by atoms with Gasteiger partial charge in [-0.15, -0.1) is 0 Å². The van der Waals surface area contributed by atoms with Gasteiger partial charge in [-0.3, -0.25) is 9.59 Å². The largest absolute Gasteiger partial charge is 0.396 e. The number of carbonyl (C=O) groups is 1. The Hall–Kier alpha value is -2.21. The molecule has 2 unspecified atom stereocenters. The van der Waals surface area contributed by atoms with Crippen molar-refractivity contribution < 1.29 is 14.3 Å². The molecule has 0 aliphatic heterocycles. The van der Waals surface area contributed by atoms with Crippen LogP contribution in [0.1, 0.15) is 42.5 Å². The Morgan fingerprint density at radius 1 is 1.25 bits per heavy atom. The van der Waals surface area contributed by atoms with Gasteiger partial charge < -0.3 is 15.4 Å². The number of carbonyl (C=O) groups excluding carboxylic acids is 1. The van der Waals surface area contributed by atoms with Crippen molar-refractivity contribution in [2.75, 3.05) is 6.61 Å². The minimum absolute atomic E-state index is 0.0298. The van der Waals surface area contributed by atoms with Gasteiger partial charge in [0.2, 0.25) is 5.56 Å². The second-order valence-corrected chi connectivity index (χ2v) is 6.40. The van der Waals surface area contributed by atoms with E-state index in [9.17, 15) is 19.1 Å². The zero-order valence-corrected chi connectivity index (χ0v) is 13.3. The number of pyridine rings is 1. The summed E-state index contributed by atoms with van der Waals surface area (Å²) in [6, 6.07) is 5.08. The summed E-state index contributed by atoms with van der Waals surface area (Å²) in [6.07, 6.45) is 4.83. The molecule has 24 heavy (non-hydrogen) atoms. The number of nitrogens with one attached hydrogen (secondary N) is 2. The number of hydrogen-bond acceptors (Lipinski definition) is 3. The van der Waals surface area contributed by atoms with E-state index in [2.05, 4.69) is 10.3 Å². The quantitative estimate of drug-likeness (QED) is 0.755. The lowest BCUT2D eigenvalue weighted by Gasteiger charge is -2.24. The van der Waals surface area contributed by atoms with Crippen LogP contribution in [0.5, 0.6) is 0 Å². The van der Waals surface area contributed by atoms with Gasteiger partial charge in [0.15, 0.2) is 0 Å². The molecule has 1 aliphatic rings. The van der Waals surface area contributed by atoms with Crippen molar-refractivity contribution in [1.82, 2.24) is 10.3 Å². The number of halogens is 1. The molecule has 0 radical (unpaired) electrons. The van der Waals surface area contributed by atoms with Gasteiger partial charge in [-0.2, -0.15) is 0 Å². The van der Waals surface area contributed by atoms with Crippen LogP contribution < -0.4 is 10.9 Å². The van der Waals surface area contributed by atoms with Gasteiger partial charge in [0.1, 0.15) is 5.82 Å². The van der Waals surface area contributed by atoms with Crippen LogP contribution in [0.3, 0.4) is 0 Å². The first-order chi connectivity index (χ1) is 11.6. The minimum atomic E-state index is -0.472. The van der Waals surface area contributed by atoms with E-state index >= 15 is 0 Å². The van der Waals surface area contributed by atoms with Gasteiger partial charge in [-0.1, -0.05) is 19.3 Å². The zero-order valence-electron chi connectivity index (χ0n) is 13.3. The number of rotatable bonds is 3. The lowest BCUT2D eigenvalue weighted by Crippen LogP contribution is -2.41. The molecule has 128 valence electrons. The second-order valence-electron chi connectivity index (χ2n) is 6.40. The molecule has 2 atom stereocenters. The molecule has 3 N–H and O–H groups in total. The molecular weight excluding hydrogens is 311 g/mol. The lowest BCUT2D eigenvalue weighted by atomic mass is 9.95. The highest BCUT2D eigenvalue weighted by molar-refractivity contribution is 6.06. The maximum Gasteiger partial charge on any atom is 0.252 e. The van der Waals surface area contributed by atoms with Crippen LogP contribution in [0, 0.1) is 11.7 Å². The fraction of sp³-hybridized carbons (Fsp3) is 0.444. The number of H-pyrrole nitrogens is 1. The highest BCUT2D eigenvalue weighted by Crippen LogP contribution is 2.24. The third-order valence-corrected chi connectivity index (χ3v) is 4.76. The van der Waals surface area contributed by atoms with E-state index < -0.39 is 11.4 Å². The summed E-state index contributed by atoms with van der Waals surface area (Å²) in [4.78, 5) is 27.0. The zero-order chi connectivity index (χ0) is 17.1. The predicted molar refractivity (Wildman–Crippen MR) is 89.4 cm³/mol. The molecule has 6 heteroatoms. The topological polar surface area (TPSA) is 82.2 Å². The number of amides is 1. The van der Waals surface area contributed by atoms with Crippen LogP contribution in [-0.2, 0) is 0 Å². The van der Waals surface area contributed by atoms with Crippen molar-refractivity contribution in [2.45, 2.75) is 38.1 Å². The lowest BCUT2D eigenvalue weighted by molar-refractivity contribution is 0.0901. The van der Waals surface area contributed by atoms with Gasteiger partial charge in [0.05, 0.1) is 11.1 Å². The highest BCUT2D eigenvalue weighted by atomic mass is 19.1. The second kappa shape index (κ2) is 7.13. The summed E-state index contributed by atoms with van der Waals surface area (Å²) in [5, 5.41) is 13.0. The summed E-state index contributed by atoms with van der Waals surface area (Å²) >= 11 is 0. The molecule has 0 saturated heterocycles. The number of aromatic nitrogens is 1. The average molecular weight is 332 g/mol. The maximum absolute atomic E-state index is 13.4. The molecule has 1 aromatic carbocycles. The maximum atomic E-state index is 13.4. The van der Waals surface area contributed by atoms with Crippen LogP contribution >= 0.6 is 0 Å². The van der Waals surface area contributed by atoms with Gasteiger partial charge in [0.25, 0.3) is 5.91 Å². The Bertz CT molecular complexity index is 802. The number of aliphatic hydroxyl groups is 1. The molecule has 1 fully saturated rings. The Balaban J connectivity index is 1.92. The normalized spacial score (nSPS) is 21.4. The van der Waals surface area contributed by atoms with Crippen LogP contribution in [0.15, 0.2) is 29.1 Å². The van der Waals surface area contributed by atoms with Crippen molar-refractivity contribution in [2.24, 2.45) is 5.92 Å². The van der Waals surface area contributed by atoms with Crippen LogP contribution in [-0.4, -0.2) is 28.6 Å². The van der Waals surface area contributed by atoms with E-state index in [1.54, 1.807) is 0 Å². The first-order valence-corrected chi connectivity index (χ1v) is 8.33. The van der Waals surface area contributed by atoms with Gasteiger partial charge >= 0.3 is 0 Å². The molecule has 1 saturated carbocycles. The van der Waals surface area contributed by atoms with Crippen molar-refractivity contribution >= 4 is 16.8 Å². The van der Waals surface area contributed by atoms with E-state index in [0.717, 1.165) is 32.1 Å². The average Bonchev–Trinajstić information content (AvgIpc) is 2.78. The van der Waals surface area contributed by atoms with E-state index in [1.807, 2.05) is 0 Å². The SMILES string of the molecule is O=C(NC1CCCCCC1CO)c1cc(=O)[nH]c2cc(F)ccc12. The van der Waals surface area contributed by atoms with E-state index in [4.69, 9.17) is 0 Å². The predicted octanol–water partition coefficient (Wildman–Crippen LogP) is 2.34. The Labute approximate surface area is 138 Å². The molecule has 1 amide bonds. The number of benzene rings is 1. The fourth-order valence-corrected chi connectivity index (χ4v) is 3.46. The monoisotopic (exact) mass is 332 g/mol. The summed E-state index contributed by atoms with van der Waals surface area (Å²) < 4.78 is 13.4. The molecule has 1 aromatic heterocycles. The first-order valence-electron chi connectivity index (χ1n) is 8.33. The molecule has 2 aromatic rings. The van der Waals surface area contributed by atoms with Crippen LogP contribution in [0.25, 0.3) is 10.9 Å². The molecule has 0 spiro atoms. The summed E-state index contributed by atoms with van der Waals surface area (Å²) in [5.41, 5.74) is 0.0831. The smallest absolute Gasteiger partial charge is 0.252 e. The van der Waals surface area contributed by atoms with Crippen molar-refractivity contribution in [3.8, 4) is 0 Å². The Morgan fingerprint density at radius 3 is 2.83 bits per heavy atom. The first kappa shape index (κ1) is 16.6. The van der Waals surface area contributed by atoms with Crippen molar-refractivity contribution in [3.63, 3.8) is 0 Å². The number of fused-ring (bicyclic) bond motifs is 1. The van der Waals surface area contributed by atoms with Crippen molar-refractivity contribution in [3.05, 3.63) is 46.0 Å². The van der Waals surface area contributed by atoms with E-state index in [-0.39, 0.29) is 30.0 Å². The van der Waals surface area contributed by atoms with Crippen molar-refractivity contribution in [1.29, 1.82) is 0 Å². The molecule has 3 rings (SSSR count). The highest BCUT2D eigenvalue weighted by Gasteiger charge is 2.25. The van der Waals surface area contributed by atoms with E-state index in [1.165, 1.54) is 24.3 Å². The molecule has 1 heterocycles. The molecular formula is C18H21FN2O3. The van der Waals surface area contributed by atoms with Gasteiger partial charge in [0, 0.05) is 30.0 Å². The number of aliphatic hydroxyl groups excluding tert-OH is 1. The third-order valence-electron chi connectivity index (χ3n) is 4.76. The number of aromatic amines is 1. The van der Waals surface area contributed by atoms with Gasteiger partial charge in [-0.05, 0) is 31.0 Å². The third kappa shape index (κ3) is 3.48. The van der Waals surface area contributed by atoms with Crippen LogP contribution in [0.2, 0.25) is 0 Å². The Morgan fingerprint density at radius 2 is 2.04 bits per heavy atom. The fourth-order valence-electron chi connectivity index (χ4n) is 3.46.